The molecule has 5 nitrogen and oxygen atoms in total. The van der Waals surface area contributed by atoms with Crippen molar-refractivity contribution in [2.45, 2.75) is 25.9 Å². The first-order chi connectivity index (χ1) is 11.8. The second-order valence-electron chi connectivity index (χ2n) is 5.82. The minimum Gasteiger partial charge on any atom is -0.497 e. The fraction of sp³-hybridized carbons (Fsp3) is 0.263. The van der Waals surface area contributed by atoms with Gasteiger partial charge in [0.15, 0.2) is 6.61 Å². The molecule has 0 radical (unpaired) electrons. The van der Waals surface area contributed by atoms with Crippen molar-refractivity contribution in [2.75, 3.05) is 7.11 Å². The van der Waals surface area contributed by atoms with Crippen LogP contribution < -0.4 is 9.47 Å². The Labute approximate surface area is 140 Å². The van der Waals surface area contributed by atoms with Crippen LogP contribution in [-0.2, 0) is 19.4 Å². The molecule has 5 heteroatoms. The predicted molar refractivity (Wildman–Crippen MR) is 89.1 cm³/mol. The molecule has 3 aromatic rings. The van der Waals surface area contributed by atoms with E-state index in [1.165, 1.54) is 24.0 Å². The quantitative estimate of drug-likeness (QED) is 0.715. The third-order valence-corrected chi connectivity index (χ3v) is 4.24. The van der Waals surface area contributed by atoms with Gasteiger partial charge in [0.1, 0.15) is 11.5 Å². The second kappa shape index (κ2) is 6.35. The number of rotatable bonds is 5. The largest absolute Gasteiger partial charge is 0.497 e. The van der Waals surface area contributed by atoms with Crippen LogP contribution in [0.3, 0.4) is 0 Å². The van der Waals surface area contributed by atoms with Gasteiger partial charge in [-0.3, -0.25) is 0 Å². The molecule has 4 rings (SSSR count). The van der Waals surface area contributed by atoms with E-state index >= 15 is 0 Å². The van der Waals surface area contributed by atoms with Crippen molar-refractivity contribution in [1.29, 1.82) is 0 Å². The Kier molecular flexibility index (Phi) is 3.91. The average Bonchev–Trinajstić information content (AvgIpc) is 3.29. The Morgan fingerprint density at radius 2 is 1.79 bits per heavy atom. The lowest BCUT2D eigenvalue weighted by Gasteiger charge is -2.05. The van der Waals surface area contributed by atoms with Crippen molar-refractivity contribution in [3.8, 4) is 23.0 Å². The number of benzene rings is 2. The molecular weight excluding hydrogens is 304 g/mol. The van der Waals surface area contributed by atoms with Crippen LogP contribution in [0.5, 0.6) is 11.5 Å². The highest BCUT2D eigenvalue weighted by molar-refractivity contribution is 5.54. The van der Waals surface area contributed by atoms with E-state index in [0.29, 0.717) is 18.3 Å². The molecule has 0 unspecified atom stereocenters. The normalized spacial score (nSPS) is 12.9. The van der Waals surface area contributed by atoms with Crippen LogP contribution in [0.1, 0.15) is 23.4 Å². The molecule has 0 saturated carbocycles. The molecule has 122 valence electrons. The van der Waals surface area contributed by atoms with E-state index in [2.05, 4.69) is 22.3 Å². The van der Waals surface area contributed by atoms with Crippen molar-refractivity contribution in [1.82, 2.24) is 10.1 Å². The first-order valence-electron chi connectivity index (χ1n) is 8.03. The summed E-state index contributed by atoms with van der Waals surface area (Å²) in [4.78, 5) is 4.38. The molecule has 2 aromatic carbocycles. The molecule has 0 fully saturated rings. The number of hydrogen-bond acceptors (Lipinski definition) is 5. The third kappa shape index (κ3) is 2.97. The standard InChI is InChI=1S/C19H18N2O3/c1-22-16-8-6-14(7-9-16)19-20-18(21-24-19)12-23-17-10-5-13-3-2-4-15(13)11-17/h5-11H,2-4,12H2,1H3. The van der Waals surface area contributed by atoms with Gasteiger partial charge in [-0.25, -0.2) is 0 Å². The summed E-state index contributed by atoms with van der Waals surface area (Å²) >= 11 is 0. The van der Waals surface area contributed by atoms with Gasteiger partial charge in [-0.05, 0) is 66.8 Å². The number of hydrogen-bond donors (Lipinski definition) is 0. The number of fused-ring (bicyclic) bond motifs is 1. The van der Waals surface area contributed by atoms with Gasteiger partial charge in [0.05, 0.1) is 7.11 Å². The van der Waals surface area contributed by atoms with Crippen molar-refractivity contribution in [3.05, 3.63) is 59.4 Å². The lowest BCUT2D eigenvalue weighted by molar-refractivity contribution is 0.287. The topological polar surface area (TPSA) is 57.4 Å². The van der Waals surface area contributed by atoms with Gasteiger partial charge in [-0.15, -0.1) is 0 Å². The molecule has 1 aromatic heterocycles. The van der Waals surface area contributed by atoms with Crippen LogP contribution in [0.25, 0.3) is 11.5 Å². The Morgan fingerprint density at radius 1 is 1.00 bits per heavy atom. The minimum atomic E-state index is 0.290. The molecule has 1 heterocycles. The summed E-state index contributed by atoms with van der Waals surface area (Å²) in [6.45, 7) is 0.290. The molecule has 0 atom stereocenters. The lowest BCUT2D eigenvalue weighted by Crippen LogP contribution is -1.98. The van der Waals surface area contributed by atoms with Gasteiger partial charge in [-0.2, -0.15) is 4.98 Å². The van der Waals surface area contributed by atoms with Crippen molar-refractivity contribution in [3.63, 3.8) is 0 Å². The van der Waals surface area contributed by atoms with Crippen LogP contribution >= 0.6 is 0 Å². The maximum absolute atomic E-state index is 5.80. The second-order valence-corrected chi connectivity index (χ2v) is 5.82. The number of aryl methyl sites for hydroxylation is 2. The third-order valence-electron chi connectivity index (χ3n) is 4.24. The smallest absolute Gasteiger partial charge is 0.258 e. The highest BCUT2D eigenvalue weighted by Gasteiger charge is 2.13. The molecule has 0 spiro atoms. The van der Waals surface area contributed by atoms with Crippen molar-refractivity contribution in [2.24, 2.45) is 0 Å². The maximum Gasteiger partial charge on any atom is 0.258 e. The number of ether oxygens (including phenoxy) is 2. The van der Waals surface area contributed by atoms with Gasteiger partial charge in [-0.1, -0.05) is 11.2 Å². The molecule has 0 N–H and O–H groups in total. The van der Waals surface area contributed by atoms with E-state index in [-0.39, 0.29) is 0 Å². The van der Waals surface area contributed by atoms with E-state index in [1.807, 2.05) is 30.3 Å². The van der Waals surface area contributed by atoms with Gasteiger partial charge in [0, 0.05) is 5.56 Å². The van der Waals surface area contributed by atoms with E-state index in [4.69, 9.17) is 14.0 Å². The first-order valence-corrected chi connectivity index (χ1v) is 8.03. The van der Waals surface area contributed by atoms with Gasteiger partial charge < -0.3 is 14.0 Å². The summed E-state index contributed by atoms with van der Waals surface area (Å²) in [7, 11) is 1.64. The Morgan fingerprint density at radius 3 is 2.62 bits per heavy atom. The SMILES string of the molecule is COc1ccc(-c2nc(COc3ccc4c(c3)CCC4)no2)cc1. The fourth-order valence-electron chi connectivity index (χ4n) is 2.95. The molecule has 24 heavy (non-hydrogen) atoms. The molecule has 1 aliphatic rings. The summed E-state index contributed by atoms with van der Waals surface area (Å²) < 4.78 is 16.2. The molecule has 0 aliphatic heterocycles. The summed E-state index contributed by atoms with van der Waals surface area (Å²) in [6, 6.07) is 13.8. The Balaban J connectivity index is 1.43. The number of methoxy groups -OCH3 is 1. The van der Waals surface area contributed by atoms with Crippen LogP contribution in [0.2, 0.25) is 0 Å². The average molecular weight is 322 g/mol. The minimum absolute atomic E-state index is 0.290. The summed E-state index contributed by atoms with van der Waals surface area (Å²) in [6.07, 6.45) is 3.54. The zero-order valence-corrected chi connectivity index (χ0v) is 13.5. The molecule has 0 bridgehead atoms. The maximum atomic E-state index is 5.80. The Hall–Kier alpha value is -2.82. The zero-order chi connectivity index (χ0) is 16.4. The van der Waals surface area contributed by atoms with E-state index in [1.54, 1.807) is 7.11 Å². The fourth-order valence-corrected chi connectivity index (χ4v) is 2.95. The number of aromatic nitrogens is 2. The Bertz CT molecular complexity index is 840. The van der Waals surface area contributed by atoms with Crippen molar-refractivity contribution >= 4 is 0 Å². The van der Waals surface area contributed by atoms with Gasteiger partial charge in [0.25, 0.3) is 5.89 Å². The van der Waals surface area contributed by atoms with Crippen LogP contribution in [0.4, 0.5) is 0 Å². The van der Waals surface area contributed by atoms with E-state index < -0.39 is 0 Å². The van der Waals surface area contributed by atoms with Crippen LogP contribution in [-0.4, -0.2) is 17.3 Å². The van der Waals surface area contributed by atoms with E-state index in [0.717, 1.165) is 23.5 Å². The highest BCUT2D eigenvalue weighted by atomic mass is 16.5. The highest BCUT2D eigenvalue weighted by Crippen LogP contribution is 2.26. The van der Waals surface area contributed by atoms with E-state index in [9.17, 15) is 0 Å². The lowest BCUT2D eigenvalue weighted by atomic mass is 10.1. The summed E-state index contributed by atoms with van der Waals surface area (Å²) in [5.41, 5.74) is 3.68. The summed E-state index contributed by atoms with van der Waals surface area (Å²) in [5, 5.41) is 3.98. The monoisotopic (exact) mass is 322 g/mol. The zero-order valence-electron chi connectivity index (χ0n) is 13.5. The molecule has 0 saturated heterocycles. The van der Waals surface area contributed by atoms with Crippen LogP contribution in [0.15, 0.2) is 47.0 Å². The van der Waals surface area contributed by atoms with Gasteiger partial charge >= 0.3 is 0 Å². The molecule has 1 aliphatic carbocycles. The summed E-state index contributed by atoms with van der Waals surface area (Å²) in [5.74, 6) is 2.65. The predicted octanol–water partition coefficient (Wildman–Crippen LogP) is 3.81. The van der Waals surface area contributed by atoms with Gasteiger partial charge in [0.2, 0.25) is 5.82 Å². The molecular formula is C19H18N2O3. The first kappa shape index (κ1) is 14.8. The number of nitrogens with zero attached hydrogens (tertiary/aromatic N) is 2. The van der Waals surface area contributed by atoms with Crippen LogP contribution in [0, 0.1) is 0 Å². The molecule has 0 amide bonds. The van der Waals surface area contributed by atoms with Crippen molar-refractivity contribution < 1.29 is 14.0 Å².